The highest BCUT2D eigenvalue weighted by Gasteiger charge is 2.48. The maximum atomic E-state index is 14.5. The number of nitrogens with one attached hydrogen (secondary N) is 7. The number of likely N-dealkylation sites (tertiary alicyclic amines) is 2. The van der Waals surface area contributed by atoms with E-state index in [0.29, 0.717) is 0 Å². The van der Waals surface area contributed by atoms with Crippen LogP contribution in [0.1, 0.15) is 139 Å². The number of likely N-dealkylation sites (N-methyl/N-ethyl adjacent to an activating group) is 2. The van der Waals surface area contributed by atoms with Crippen LogP contribution in [0.5, 0.6) is 0 Å². The Morgan fingerprint density at radius 1 is 0.592 bits per heavy atom. The van der Waals surface area contributed by atoms with Gasteiger partial charge in [-0.15, -0.1) is 0 Å². The first-order valence-electron chi connectivity index (χ1n) is 24.7. The van der Waals surface area contributed by atoms with E-state index in [9.17, 15) is 38.4 Å². The Kier molecular flexibility index (Phi) is 18.6. The first-order chi connectivity index (χ1) is 33.3. The lowest BCUT2D eigenvalue weighted by molar-refractivity contribution is -0.144. The van der Waals surface area contributed by atoms with Crippen molar-refractivity contribution in [2.45, 2.75) is 143 Å². The maximum Gasteiger partial charge on any atom is 0.246 e. The Balaban J connectivity index is 1.33. The number of carbonyl (C=O) groups is 8. The molecule has 3 heterocycles. The fraction of sp³-hybridized carbons (Fsp3) is 0.566. The van der Waals surface area contributed by atoms with Gasteiger partial charge in [0.05, 0.1) is 24.2 Å². The molecule has 5 rings (SSSR count). The molecule has 18 nitrogen and oxygen atoms in total. The Labute approximate surface area is 418 Å². The molecule has 2 aliphatic rings. The van der Waals surface area contributed by atoms with Crippen LogP contribution in [0.4, 0.5) is 0 Å². The van der Waals surface area contributed by atoms with Crippen molar-refractivity contribution in [1.29, 1.82) is 0 Å². The molecule has 18 heteroatoms. The summed E-state index contributed by atoms with van der Waals surface area (Å²) >= 11 is 0. The molecule has 0 aliphatic carbocycles. The summed E-state index contributed by atoms with van der Waals surface area (Å²) in [6, 6.07) is 14.5. The zero-order chi connectivity index (χ0) is 52.5. The van der Waals surface area contributed by atoms with Gasteiger partial charge in [0.15, 0.2) is 11.6 Å². The van der Waals surface area contributed by atoms with E-state index < -0.39 is 76.5 Å². The molecule has 2 aromatic carbocycles. The molecule has 0 radical (unpaired) electrons. The molecular weight excluding hydrogens is 905 g/mol. The molecule has 3 aromatic rings. The van der Waals surface area contributed by atoms with Crippen molar-refractivity contribution >= 4 is 47.0 Å². The van der Waals surface area contributed by atoms with Crippen LogP contribution in [-0.2, 0) is 28.8 Å². The molecule has 0 unspecified atom stereocenters. The highest BCUT2D eigenvalue weighted by Crippen LogP contribution is 2.34. The van der Waals surface area contributed by atoms with Crippen molar-refractivity contribution in [1.82, 2.24) is 51.9 Å². The van der Waals surface area contributed by atoms with Crippen molar-refractivity contribution in [2.24, 2.45) is 22.7 Å². The Bertz CT molecular complexity index is 2220. The molecule has 0 saturated carbocycles. The molecule has 1 aromatic heterocycles. The van der Waals surface area contributed by atoms with Gasteiger partial charge in [0.25, 0.3) is 0 Å². The topological polar surface area (TPSA) is 244 Å². The van der Waals surface area contributed by atoms with E-state index in [2.05, 4.69) is 42.1 Å². The van der Waals surface area contributed by atoms with Crippen LogP contribution >= 0.6 is 0 Å². The Morgan fingerprint density at radius 2 is 0.972 bits per heavy atom. The normalized spacial score (nSPS) is 20.7. The van der Waals surface area contributed by atoms with Gasteiger partial charge in [-0.3, -0.25) is 43.5 Å². The standard InChI is InChI=1S/C53H76N10O8/c1-30(36-19-15-13-16-20-36)56-48(68)40-23-34(28-62(40)50(70)44(52(5,6)7)58-46(66)32(3)54-11)25-42(64)38-27-39(61-60-38)43(65)26-35-24-41(49(69)57-31(2)37-21-17-14-18-22-37)63(29-35)51(71)45(53(8,9)10)59-47(67)33(4)55-12/h13-22,27,30-35,40-41,44-45,54-55H,23-26,28-29H2,1-12H3,(H,56,68)(H,57,69)(H,58,66)(H,59,67)(H,60,61)/t30-,31-,32+,33+,34-,35-,40+,41+,44-,45-/m1/s1. The predicted molar refractivity (Wildman–Crippen MR) is 270 cm³/mol. The molecule has 2 aliphatic heterocycles. The first-order valence-corrected chi connectivity index (χ1v) is 24.7. The summed E-state index contributed by atoms with van der Waals surface area (Å²) in [6.45, 7) is 18.2. The van der Waals surface area contributed by atoms with Crippen molar-refractivity contribution in [3.8, 4) is 0 Å². The molecule has 0 spiro atoms. The summed E-state index contributed by atoms with van der Waals surface area (Å²) < 4.78 is 0. The Morgan fingerprint density at radius 3 is 1.34 bits per heavy atom. The van der Waals surface area contributed by atoms with Gasteiger partial charge >= 0.3 is 0 Å². The number of ketones is 2. The smallest absolute Gasteiger partial charge is 0.246 e. The lowest BCUT2D eigenvalue weighted by atomic mass is 9.85. The van der Waals surface area contributed by atoms with Crippen molar-refractivity contribution in [3.63, 3.8) is 0 Å². The average molecular weight is 981 g/mol. The minimum Gasteiger partial charge on any atom is -0.348 e. The maximum absolute atomic E-state index is 14.5. The number of aromatic nitrogens is 2. The third kappa shape index (κ3) is 14.2. The molecule has 2 fully saturated rings. The molecule has 0 bridgehead atoms. The monoisotopic (exact) mass is 981 g/mol. The first kappa shape index (κ1) is 55.7. The third-order valence-corrected chi connectivity index (χ3v) is 13.8. The minimum absolute atomic E-state index is 0.00708. The van der Waals surface area contributed by atoms with Gasteiger partial charge in [-0.2, -0.15) is 5.10 Å². The molecule has 7 N–H and O–H groups in total. The number of aromatic amines is 1. The van der Waals surface area contributed by atoms with Crippen molar-refractivity contribution in [2.75, 3.05) is 27.2 Å². The second-order valence-corrected chi connectivity index (χ2v) is 21.6. The van der Waals surface area contributed by atoms with Gasteiger partial charge in [-0.1, -0.05) is 102 Å². The van der Waals surface area contributed by atoms with E-state index in [0.717, 1.165) is 11.1 Å². The lowest BCUT2D eigenvalue weighted by Gasteiger charge is -2.36. The minimum atomic E-state index is -0.984. The highest BCUT2D eigenvalue weighted by atomic mass is 16.2. The Hall–Kier alpha value is -6.27. The summed E-state index contributed by atoms with van der Waals surface area (Å²) in [5, 5.41) is 24.6. The average Bonchev–Trinajstić information content (AvgIpc) is 4.11. The summed E-state index contributed by atoms with van der Waals surface area (Å²) in [6.07, 6.45) is 0.187. The van der Waals surface area contributed by atoms with Gasteiger partial charge < -0.3 is 41.7 Å². The van der Waals surface area contributed by atoms with Crippen LogP contribution in [0.25, 0.3) is 0 Å². The van der Waals surface area contributed by atoms with E-state index in [-0.39, 0.29) is 91.7 Å². The quantitative estimate of drug-likeness (QED) is 0.0798. The van der Waals surface area contributed by atoms with Crippen LogP contribution in [-0.4, -0.2) is 130 Å². The van der Waals surface area contributed by atoms with Gasteiger partial charge in [0.1, 0.15) is 35.6 Å². The summed E-state index contributed by atoms with van der Waals surface area (Å²) in [5.41, 5.74) is 0.369. The van der Waals surface area contributed by atoms with Crippen LogP contribution in [0.2, 0.25) is 0 Å². The van der Waals surface area contributed by atoms with Crippen molar-refractivity contribution in [3.05, 3.63) is 89.2 Å². The van der Waals surface area contributed by atoms with Crippen LogP contribution in [0.3, 0.4) is 0 Å². The molecule has 10 atom stereocenters. The van der Waals surface area contributed by atoms with Gasteiger partial charge in [0.2, 0.25) is 35.4 Å². The number of Topliss-reactive ketones (excluding diaryl/α,β-unsaturated/α-hetero) is 2. The third-order valence-electron chi connectivity index (χ3n) is 13.8. The zero-order valence-corrected chi connectivity index (χ0v) is 43.5. The number of hydrogen-bond acceptors (Lipinski definition) is 11. The molecule has 71 heavy (non-hydrogen) atoms. The number of carbonyl (C=O) groups excluding carboxylic acids is 8. The number of benzene rings is 2. The van der Waals surface area contributed by atoms with E-state index in [1.54, 1.807) is 27.9 Å². The van der Waals surface area contributed by atoms with Gasteiger partial charge in [-0.05, 0) is 94.5 Å². The van der Waals surface area contributed by atoms with Crippen LogP contribution < -0.4 is 31.9 Å². The van der Waals surface area contributed by atoms with Crippen molar-refractivity contribution < 1.29 is 38.4 Å². The fourth-order valence-corrected chi connectivity index (χ4v) is 9.17. The van der Waals surface area contributed by atoms with Gasteiger partial charge in [-0.25, -0.2) is 0 Å². The molecular formula is C53H76N10O8. The fourth-order valence-electron chi connectivity index (χ4n) is 9.17. The number of hydrogen-bond donors (Lipinski definition) is 7. The SMILES string of the molecule is CN[C@@H](C)C(=O)N[C@H](C(=O)N1C[C@@H](CC(=O)c2cc(C(=O)C[C@H]3C[C@@H](C(=O)N[C@H](C)c4ccccc4)N(C(=O)[C@@H](NC(=O)[C@H](C)NC)C(C)(C)C)C3)[nH]n2)C[C@H]1C(=O)N[C@H](C)c1ccccc1)C(C)(C)C. The number of nitrogens with zero attached hydrogens (tertiary/aromatic N) is 3. The van der Waals surface area contributed by atoms with E-state index in [1.807, 2.05) is 116 Å². The summed E-state index contributed by atoms with van der Waals surface area (Å²) in [4.78, 5) is 114. The number of rotatable bonds is 20. The van der Waals surface area contributed by atoms with E-state index in [4.69, 9.17) is 0 Å². The van der Waals surface area contributed by atoms with Crippen LogP contribution in [0, 0.1) is 22.7 Å². The molecule has 2 saturated heterocycles. The van der Waals surface area contributed by atoms with Gasteiger partial charge in [0, 0.05) is 25.9 Å². The summed E-state index contributed by atoms with van der Waals surface area (Å²) in [5.74, 6) is -4.10. The van der Waals surface area contributed by atoms with E-state index >= 15 is 0 Å². The summed E-state index contributed by atoms with van der Waals surface area (Å²) in [7, 11) is 3.29. The second-order valence-electron chi connectivity index (χ2n) is 21.6. The zero-order valence-electron chi connectivity index (χ0n) is 43.5. The second kappa shape index (κ2) is 23.8. The predicted octanol–water partition coefficient (Wildman–Crippen LogP) is 4.02. The largest absolute Gasteiger partial charge is 0.348 e. The number of H-pyrrole nitrogens is 1. The molecule has 386 valence electrons. The van der Waals surface area contributed by atoms with E-state index in [1.165, 1.54) is 15.9 Å². The van der Waals surface area contributed by atoms with Crippen LogP contribution in [0.15, 0.2) is 66.7 Å². The number of amides is 6. The highest BCUT2D eigenvalue weighted by molar-refractivity contribution is 6.00. The molecule has 6 amide bonds. The lowest BCUT2D eigenvalue weighted by Crippen LogP contribution is -2.59.